The molecule has 13 nitrogen and oxygen atoms in total. The second-order valence-corrected chi connectivity index (χ2v) is 9.07. The highest BCUT2D eigenvalue weighted by Gasteiger charge is 2.50. The predicted octanol–water partition coefficient (Wildman–Crippen LogP) is -4.99. The topological polar surface area (TPSA) is 242 Å². The standard InChI is InChI=1S/C19H38N4O9/c1-6-13(26)12(5-24)30-19(14(6)27)32-17-8(22)2-7(21)16(15(17)28)31-18-9(23)3-10(25)11(4-20)29-18/h6-19,24-28H,2-5,20-23H2,1H3/t6-,7-,8+,9+,10-,11+,12+,13-,14+,15-,16+,17-,18+,19+/m0/s1. The lowest BCUT2D eigenvalue weighted by Gasteiger charge is -2.48. The van der Waals surface area contributed by atoms with Crippen LogP contribution in [0.1, 0.15) is 19.8 Å². The van der Waals surface area contributed by atoms with Gasteiger partial charge in [0.1, 0.15) is 30.5 Å². The number of ether oxygens (including phenoxy) is 4. The van der Waals surface area contributed by atoms with Crippen molar-refractivity contribution >= 4 is 0 Å². The van der Waals surface area contributed by atoms with Crippen molar-refractivity contribution in [2.45, 2.75) is 99.3 Å². The molecule has 0 amide bonds. The first-order valence-electron chi connectivity index (χ1n) is 11.0. The van der Waals surface area contributed by atoms with Crippen LogP contribution < -0.4 is 22.9 Å². The van der Waals surface area contributed by atoms with Crippen molar-refractivity contribution in [3.63, 3.8) is 0 Å². The summed E-state index contributed by atoms with van der Waals surface area (Å²) in [6.45, 7) is 1.19. The first-order chi connectivity index (χ1) is 15.1. The van der Waals surface area contributed by atoms with Gasteiger partial charge in [0.05, 0.1) is 31.0 Å². The number of rotatable bonds is 6. The Labute approximate surface area is 186 Å². The van der Waals surface area contributed by atoms with E-state index in [1.807, 2.05) is 0 Å². The normalized spacial score (nSPS) is 52.7. The third kappa shape index (κ3) is 5.25. The maximum Gasteiger partial charge on any atom is 0.184 e. The molecule has 2 aliphatic heterocycles. The summed E-state index contributed by atoms with van der Waals surface area (Å²) in [7, 11) is 0. The van der Waals surface area contributed by atoms with Crippen LogP contribution in [0.2, 0.25) is 0 Å². The highest BCUT2D eigenvalue weighted by atomic mass is 16.7. The van der Waals surface area contributed by atoms with Gasteiger partial charge in [-0.3, -0.25) is 0 Å². The van der Waals surface area contributed by atoms with E-state index in [1.165, 1.54) is 0 Å². The summed E-state index contributed by atoms with van der Waals surface area (Å²) in [6.07, 6.45) is -9.85. The van der Waals surface area contributed by atoms with E-state index in [1.54, 1.807) is 6.92 Å². The largest absolute Gasteiger partial charge is 0.394 e. The highest BCUT2D eigenvalue weighted by molar-refractivity contribution is 5.00. The predicted molar refractivity (Wildman–Crippen MR) is 110 cm³/mol. The molecule has 0 bridgehead atoms. The van der Waals surface area contributed by atoms with Crippen molar-refractivity contribution in [1.29, 1.82) is 0 Å². The van der Waals surface area contributed by atoms with Gasteiger partial charge in [-0.15, -0.1) is 0 Å². The second kappa shape index (κ2) is 10.8. The summed E-state index contributed by atoms with van der Waals surface area (Å²) < 4.78 is 22.9. The van der Waals surface area contributed by atoms with Crippen LogP contribution in [0.5, 0.6) is 0 Å². The molecule has 1 aliphatic carbocycles. The smallest absolute Gasteiger partial charge is 0.184 e. The van der Waals surface area contributed by atoms with Gasteiger partial charge in [-0.1, -0.05) is 6.92 Å². The van der Waals surface area contributed by atoms with Gasteiger partial charge in [0.2, 0.25) is 0 Å². The van der Waals surface area contributed by atoms with Crippen LogP contribution >= 0.6 is 0 Å². The number of hydrogen-bond donors (Lipinski definition) is 9. The number of aliphatic hydroxyl groups is 5. The molecule has 3 aliphatic rings. The summed E-state index contributed by atoms with van der Waals surface area (Å²) in [5, 5.41) is 51.1. The van der Waals surface area contributed by atoms with Crippen molar-refractivity contribution in [2.75, 3.05) is 13.2 Å². The molecule has 2 saturated heterocycles. The molecule has 0 aromatic carbocycles. The fraction of sp³-hybridized carbons (Fsp3) is 1.00. The molecule has 1 saturated carbocycles. The zero-order chi connectivity index (χ0) is 23.7. The molecule has 3 rings (SSSR count). The van der Waals surface area contributed by atoms with E-state index in [2.05, 4.69) is 0 Å². The van der Waals surface area contributed by atoms with E-state index in [0.29, 0.717) is 0 Å². The van der Waals surface area contributed by atoms with Gasteiger partial charge < -0.3 is 67.4 Å². The summed E-state index contributed by atoms with van der Waals surface area (Å²) in [5.74, 6) is -0.648. The lowest BCUT2D eigenvalue weighted by atomic mass is 9.84. The van der Waals surface area contributed by atoms with Crippen molar-refractivity contribution < 1.29 is 44.5 Å². The van der Waals surface area contributed by atoms with Crippen LogP contribution in [0, 0.1) is 5.92 Å². The molecular formula is C19H38N4O9. The zero-order valence-corrected chi connectivity index (χ0v) is 18.1. The molecule has 32 heavy (non-hydrogen) atoms. The Hall–Kier alpha value is -0.520. The molecular weight excluding hydrogens is 428 g/mol. The van der Waals surface area contributed by atoms with Crippen LogP contribution in [-0.4, -0.2) is 118 Å². The van der Waals surface area contributed by atoms with Gasteiger partial charge in [-0.25, -0.2) is 0 Å². The molecule has 13 N–H and O–H groups in total. The van der Waals surface area contributed by atoms with Gasteiger partial charge in [0, 0.05) is 24.5 Å². The van der Waals surface area contributed by atoms with Crippen molar-refractivity contribution in [3.05, 3.63) is 0 Å². The molecule has 0 radical (unpaired) electrons. The Bertz CT molecular complexity index is 605. The van der Waals surface area contributed by atoms with E-state index < -0.39 is 92.1 Å². The summed E-state index contributed by atoms with van der Waals surface area (Å²) in [5.41, 5.74) is 24.0. The summed E-state index contributed by atoms with van der Waals surface area (Å²) >= 11 is 0. The molecule has 3 fully saturated rings. The number of nitrogens with two attached hydrogens (primary N) is 4. The van der Waals surface area contributed by atoms with Crippen molar-refractivity contribution in [2.24, 2.45) is 28.9 Å². The monoisotopic (exact) mass is 466 g/mol. The van der Waals surface area contributed by atoms with Gasteiger partial charge in [0.25, 0.3) is 0 Å². The quantitative estimate of drug-likeness (QED) is 0.178. The van der Waals surface area contributed by atoms with Crippen LogP contribution in [0.4, 0.5) is 0 Å². The van der Waals surface area contributed by atoms with E-state index in [0.717, 1.165) is 0 Å². The zero-order valence-electron chi connectivity index (χ0n) is 18.1. The van der Waals surface area contributed by atoms with E-state index in [4.69, 9.17) is 41.9 Å². The van der Waals surface area contributed by atoms with E-state index >= 15 is 0 Å². The second-order valence-electron chi connectivity index (χ2n) is 9.07. The molecule has 0 unspecified atom stereocenters. The first-order valence-corrected chi connectivity index (χ1v) is 11.0. The van der Waals surface area contributed by atoms with Crippen LogP contribution in [0.25, 0.3) is 0 Å². The Kier molecular flexibility index (Phi) is 8.82. The van der Waals surface area contributed by atoms with Gasteiger partial charge in [-0.05, 0) is 12.8 Å². The fourth-order valence-electron chi connectivity index (χ4n) is 4.59. The minimum atomic E-state index is -1.32. The molecule has 0 aromatic rings. The van der Waals surface area contributed by atoms with E-state index in [-0.39, 0.29) is 19.4 Å². The fourth-order valence-corrected chi connectivity index (χ4v) is 4.59. The average molecular weight is 467 g/mol. The lowest BCUT2D eigenvalue weighted by molar-refractivity contribution is -0.321. The Balaban J connectivity index is 1.70. The minimum Gasteiger partial charge on any atom is -0.394 e. The van der Waals surface area contributed by atoms with Gasteiger partial charge in [-0.2, -0.15) is 0 Å². The average Bonchev–Trinajstić information content (AvgIpc) is 2.75. The molecule has 2 heterocycles. The summed E-state index contributed by atoms with van der Waals surface area (Å²) in [6, 6.07) is -2.04. The highest BCUT2D eigenvalue weighted by Crippen LogP contribution is 2.32. The summed E-state index contributed by atoms with van der Waals surface area (Å²) in [4.78, 5) is 0. The number of aliphatic hydroxyl groups excluding tert-OH is 5. The SMILES string of the molecule is C[C@@H]1[C@@H](O)[C@@H](O[C@@H]2[C@@H](O)[C@H](O[C@H]3O[C@H](CN)[C@@H](O)C[C@H]3N)[C@@H](N)C[C@H]2N)O[C@H](CO)[C@H]1O. The minimum absolute atomic E-state index is 0.0661. The number of hydrogen-bond acceptors (Lipinski definition) is 13. The van der Waals surface area contributed by atoms with Gasteiger partial charge >= 0.3 is 0 Å². The van der Waals surface area contributed by atoms with Gasteiger partial charge in [0.15, 0.2) is 12.6 Å². The molecule has 188 valence electrons. The third-order valence-electron chi connectivity index (χ3n) is 6.70. The van der Waals surface area contributed by atoms with Crippen LogP contribution in [0.15, 0.2) is 0 Å². The van der Waals surface area contributed by atoms with E-state index in [9.17, 15) is 25.5 Å². The maximum atomic E-state index is 11.0. The van der Waals surface area contributed by atoms with Crippen molar-refractivity contribution in [1.82, 2.24) is 0 Å². The molecule has 14 atom stereocenters. The lowest BCUT2D eigenvalue weighted by Crippen LogP contribution is -2.66. The van der Waals surface area contributed by atoms with Crippen LogP contribution in [0.3, 0.4) is 0 Å². The molecule has 0 aromatic heterocycles. The Morgan fingerprint density at radius 1 is 0.781 bits per heavy atom. The van der Waals surface area contributed by atoms with Crippen molar-refractivity contribution in [3.8, 4) is 0 Å². The maximum absolute atomic E-state index is 11.0. The molecule has 13 heteroatoms. The van der Waals surface area contributed by atoms with Crippen LogP contribution in [-0.2, 0) is 18.9 Å². The first kappa shape index (κ1) is 26.1. The Morgan fingerprint density at radius 2 is 1.34 bits per heavy atom. The third-order valence-corrected chi connectivity index (χ3v) is 6.70. The Morgan fingerprint density at radius 3 is 1.91 bits per heavy atom. The molecule has 0 spiro atoms.